The molecule has 0 spiro atoms. The zero-order chi connectivity index (χ0) is 14.6. The molecule has 1 unspecified atom stereocenters. The Hall–Kier alpha value is -1.72. The van der Waals surface area contributed by atoms with Gasteiger partial charge in [0.2, 0.25) is 0 Å². The van der Waals surface area contributed by atoms with E-state index in [1.165, 1.54) is 6.07 Å². The van der Waals surface area contributed by atoms with Crippen LogP contribution < -0.4 is 11.1 Å². The molecule has 1 aromatic carbocycles. The third kappa shape index (κ3) is 4.15. The quantitative estimate of drug-likeness (QED) is 0.829. The van der Waals surface area contributed by atoms with Crippen molar-refractivity contribution in [1.82, 2.24) is 5.32 Å². The Morgan fingerprint density at radius 1 is 1.42 bits per heavy atom. The van der Waals surface area contributed by atoms with Crippen molar-refractivity contribution >= 4 is 11.6 Å². The van der Waals surface area contributed by atoms with Gasteiger partial charge in [0.05, 0.1) is 5.56 Å². The fraction of sp³-hybridized carbons (Fsp3) is 0.462. The molecule has 3 N–H and O–H groups in total. The first-order valence-electron chi connectivity index (χ1n) is 6.00. The first-order valence-corrected chi connectivity index (χ1v) is 6.00. The van der Waals surface area contributed by atoms with Crippen LogP contribution in [0.2, 0.25) is 0 Å². The fourth-order valence-electron chi connectivity index (χ4n) is 1.46. The molecule has 0 fully saturated rings. The summed E-state index contributed by atoms with van der Waals surface area (Å²) in [6.45, 7) is 4.35. The van der Waals surface area contributed by atoms with E-state index in [1.54, 1.807) is 0 Å². The van der Waals surface area contributed by atoms with Crippen LogP contribution in [0.15, 0.2) is 18.2 Å². The van der Waals surface area contributed by atoms with Crippen molar-refractivity contribution in [3.63, 3.8) is 0 Å². The van der Waals surface area contributed by atoms with Crippen molar-refractivity contribution < 1.29 is 18.0 Å². The Labute approximate surface area is 110 Å². The summed E-state index contributed by atoms with van der Waals surface area (Å²) in [6, 6.07) is 3.17. The predicted octanol–water partition coefficient (Wildman–Crippen LogP) is 3.06. The Kier molecular flexibility index (Phi) is 4.80. The number of nitrogens with two attached hydrogens (primary N) is 1. The molecule has 0 heterocycles. The molecule has 19 heavy (non-hydrogen) atoms. The molecule has 0 saturated heterocycles. The van der Waals surface area contributed by atoms with Crippen molar-refractivity contribution in [2.24, 2.45) is 5.92 Å². The maximum atomic E-state index is 12.6. The predicted molar refractivity (Wildman–Crippen MR) is 67.6 cm³/mol. The highest BCUT2D eigenvalue weighted by molar-refractivity contribution is 5.94. The van der Waals surface area contributed by atoms with E-state index < -0.39 is 17.6 Å². The molecule has 0 bridgehead atoms. The van der Waals surface area contributed by atoms with Crippen LogP contribution in [-0.2, 0) is 6.18 Å². The van der Waals surface area contributed by atoms with Gasteiger partial charge in [-0.05, 0) is 24.1 Å². The molecule has 1 amide bonds. The van der Waals surface area contributed by atoms with E-state index in [4.69, 9.17) is 5.73 Å². The summed E-state index contributed by atoms with van der Waals surface area (Å²) in [6.07, 6.45) is -3.67. The van der Waals surface area contributed by atoms with Crippen LogP contribution >= 0.6 is 0 Å². The third-order valence-electron chi connectivity index (χ3n) is 2.93. The first kappa shape index (κ1) is 15.3. The lowest BCUT2D eigenvalue weighted by Gasteiger charge is -2.13. The molecule has 0 saturated carbocycles. The van der Waals surface area contributed by atoms with E-state index in [0.29, 0.717) is 6.54 Å². The van der Waals surface area contributed by atoms with Gasteiger partial charge in [0.1, 0.15) is 0 Å². The zero-order valence-electron chi connectivity index (χ0n) is 10.8. The maximum absolute atomic E-state index is 12.6. The van der Waals surface area contributed by atoms with Gasteiger partial charge in [-0.15, -0.1) is 0 Å². The number of benzene rings is 1. The van der Waals surface area contributed by atoms with Gasteiger partial charge in [0, 0.05) is 17.8 Å². The van der Waals surface area contributed by atoms with Crippen LogP contribution in [-0.4, -0.2) is 12.5 Å². The number of carbonyl (C=O) groups excluding carboxylic acids is 1. The summed E-state index contributed by atoms with van der Waals surface area (Å²) >= 11 is 0. The molecule has 3 nitrogen and oxygen atoms in total. The summed E-state index contributed by atoms with van der Waals surface area (Å²) < 4.78 is 37.9. The summed E-state index contributed by atoms with van der Waals surface area (Å²) in [4.78, 5) is 11.7. The van der Waals surface area contributed by atoms with Crippen LogP contribution in [0.4, 0.5) is 18.9 Å². The molecular formula is C13H17F3N2O. The average Bonchev–Trinajstić information content (AvgIpc) is 2.34. The van der Waals surface area contributed by atoms with Crippen molar-refractivity contribution in [2.45, 2.75) is 26.4 Å². The van der Waals surface area contributed by atoms with E-state index in [-0.39, 0.29) is 17.2 Å². The van der Waals surface area contributed by atoms with E-state index in [9.17, 15) is 18.0 Å². The summed E-state index contributed by atoms with van der Waals surface area (Å²) in [5.74, 6) is -0.245. The van der Waals surface area contributed by atoms with Gasteiger partial charge < -0.3 is 11.1 Å². The molecule has 1 rings (SSSR count). The van der Waals surface area contributed by atoms with Crippen molar-refractivity contribution in [3.8, 4) is 0 Å². The van der Waals surface area contributed by atoms with Crippen LogP contribution in [0, 0.1) is 5.92 Å². The minimum atomic E-state index is -4.56. The standard InChI is InChI=1S/C13H17F3N2O/c1-3-8(2)7-18-12(19)9-4-5-11(17)10(6-9)13(14,15)16/h4-6,8H,3,7,17H2,1-2H3,(H,18,19). The third-order valence-corrected chi connectivity index (χ3v) is 2.93. The molecule has 106 valence electrons. The number of halogens is 3. The Morgan fingerprint density at radius 3 is 2.58 bits per heavy atom. The number of nitrogens with one attached hydrogen (secondary N) is 1. The molecule has 6 heteroatoms. The number of alkyl halides is 3. The molecule has 0 aliphatic heterocycles. The van der Waals surface area contributed by atoms with Gasteiger partial charge in [-0.25, -0.2) is 0 Å². The number of carbonyl (C=O) groups is 1. The lowest BCUT2D eigenvalue weighted by molar-refractivity contribution is -0.136. The summed E-state index contributed by atoms with van der Waals surface area (Å²) in [5.41, 5.74) is 3.86. The Morgan fingerprint density at radius 2 is 2.05 bits per heavy atom. The average molecular weight is 274 g/mol. The minimum absolute atomic E-state index is 0.0372. The molecule has 0 radical (unpaired) electrons. The number of nitrogen functional groups attached to an aromatic ring is 1. The molecule has 0 aliphatic carbocycles. The molecular weight excluding hydrogens is 257 g/mol. The fourth-order valence-corrected chi connectivity index (χ4v) is 1.46. The minimum Gasteiger partial charge on any atom is -0.398 e. The highest BCUT2D eigenvalue weighted by Gasteiger charge is 2.33. The smallest absolute Gasteiger partial charge is 0.398 e. The van der Waals surface area contributed by atoms with E-state index in [1.807, 2.05) is 13.8 Å². The normalized spacial score (nSPS) is 13.1. The second-order valence-corrected chi connectivity index (χ2v) is 4.52. The zero-order valence-corrected chi connectivity index (χ0v) is 10.8. The van der Waals surface area contributed by atoms with E-state index in [0.717, 1.165) is 18.6 Å². The number of anilines is 1. The first-order chi connectivity index (χ1) is 8.75. The van der Waals surface area contributed by atoms with Gasteiger partial charge in [-0.2, -0.15) is 13.2 Å². The highest BCUT2D eigenvalue weighted by atomic mass is 19.4. The SMILES string of the molecule is CCC(C)CNC(=O)c1ccc(N)c(C(F)(F)F)c1. The van der Waals surface area contributed by atoms with Crippen molar-refractivity contribution in [3.05, 3.63) is 29.3 Å². The Bertz CT molecular complexity index is 458. The van der Waals surface area contributed by atoms with Crippen LogP contribution in [0.1, 0.15) is 36.2 Å². The number of amides is 1. The molecule has 1 atom stereocenters. The van der Waals surface area contributed by atoms with Crippen LogP contribution in [0.3, 0.4) is 0 Å². The van der Waals surface area contributed by atoms with Crippen molar-refractivity contribution in [1.29, 1.82) is 0 Å². The van der Waals surface area contributed by atoms with Crippen molar-refractivity contribution in [2.75, 3.05) is 12.3 Å². The van der Waals surface area contributed by atoms with E-state index in [2.05, 4.69) is 5.32 Å². The second kappa shape index (κ2) is 5.95. The summed E-state index contributed by atoms with van der Waals surface area (Å²) in [5, 5.41) is 2.60. The monoisotopic (exact) mass is 274 g/mol. The Balaban J connectivity index is 2.87. The largest absolute Gasteiger partial charge is 0.418 e. The number of hydrogen-bond acceptors (Lipinski definition) is 2. The van der Waals surface area contributed by atoms with Gasteiger partial charge in [-0.3, -0.25) is 4.79 Å². The van der Waals surface area contributed by atoms with Crippen LogP contribution in [0.5, 0.6) is 0 Å². The number of hydrogen-bond donors (Lipinski definition) is 2. The topological polar surface area (TPSA) is 55.1 Å². The molecule has 0 aliphatic rings. The highest BCUT2D eigenvalue weighted by Crippen LogP contribution is 2.33. The molecule has 0 aromatic heterocycles. The number of rotatable bonds is 4. The van der Waals surface area contributed by atoms with Gasteiger partial charge in [0.25, 0.3) is 5.91 Å². The second-order valence-electron chi connectivity index (χ2n) is 4.52. The van der Waals surface area contributed by atoms with Gasteiger partial charge >= 0.3 is 6.18 Å². The van der Waals surface area contributed by atoms with Gasteiger partial charge in [0.15, 0.2) is 0 Å². The molecule has 1 aromatic rings. The van der Waals surface area contributed by atoms with Crippen LogP contribution in [0.25, 0.3) is 0 Å². The summed E-state index contributed by atoms with van der Waals surface area (Å²) in [7, 11) is 0. The van der Waals surface area contributed by atoms with Gasteiger partial charge in [-0.1, -0.05) is 20.3 Å². The lowest BCUT2D eigenvalue weighted by Crippen LogP contribution is -2.28. The lowest BCUT2D eigenvalue weighted by atomic mass is 10.1. The maximum Gasteiger partial charge on any atom is 0.418 e. The van der Waals surface area contributed by atoms with E-state index >= 15 is 0 Å².